The fourth-order valence-corrected chi connectivity index (χ4v) is 2.59. The number of amides is 1. The van der Waals surface area contributed by atoms with Gasteiger partial charge >= 0.3 is 5.97 Å². The number of carboxylic acids is 1. The van der Waals surface area contributed by atoms with Crippen LogP contribution in [0.5, 0.6) is 0 Å². The summed E-state index contributed by atoms with van der Waals surface area (Å²) >= 11 is 0. The van der Waals surface area contributed by atoms with Gasteiger partial charge in [0, 0.05) is 31.7 Å². The van der Waals surface area contributed by atoms with Crippen molar-refractivity contribution in [2.45, 2.75) is 12.8 Å². The molecule has 0 saturated carbocycles. The van der Waals surface area contributed by atoms with Crippen molar-refractivity contribution >= 4 is 17.5 Å². The molecule has 6 nitrogen and oxygen atoms in total. The summed E-state index contributed by atoms with van der Waals surface area (Å²) in [5, 5.41) is 9.07. The molecule has 20 heavy (non-hydrogen) atoms. The molecule has 1 atom stereocenters. The predicted octanol–water partition coefficient (Wildman–Crippen LogP) is 1.27. The Balaban J connectivity index is 1.82. The van der Waals surface area contributed by atoms with Crippen molar-refractivity contribution in [3.8, 4) is 0 Å². The average molecular weight is 273 g/mol. The number of likely N-dealkylation sites (tertiary alicyclic amines) is 1. The van der Waals surface area contributed by atoms with E-state index < -0.39 is 11.9 Å². The second kappa shape index (κ2) is 4.96. The van der Waals surface area contributed by atoms with Crippen LogP contribution in [0.4, 0.5) is 0 Å². The van der Waals surface area contributed by atoms with Crippen molar-refractivity contribution < 1.29 is 14.7 Å². The van der Waals surface area contributed by atoms with Gasteiger partial charge in [-0.15, -0.1) is 0 Å². The van der Waals surface area contributed by atoms with E-state index in [0.717, 1.165) is 12.1 Å². The van der Waals surface area contributed by atoms with Crippen molar-refractivity contribution in [3.63, 3.8) is 0 Å². The van der Waals surface area contributed by atoms with Crippen LogP contribution in [0, 0.1) is 5.92 Å². The third kappa shape index (κ3) is 2.24. The Hall–Kier alpha value is -2.37. The van der Waals surface area contributed by atoms with Crippen LogP contribution in [0.25, 0.3) is 5.65 Å². The molecule has 2 aromatic heterocycles. The van der Waals surface area contributed by atoms with Crippen molar-refractivity contribution in [2.75, 3.05) is 13.1 Å². The van der Waals surface area contributed by atoms with Crippen molar-refractivity contribution in [3.05, 3.63) is 36.3 Å². The minimum absolute atomic E-state index is 0.119. The largest absolute Gasteiger partial charge is 0.481 e. The smallest absolute Gasteiger partial charge is 0.308 e. The molecule has 1 aliphatic heterocycles. The van der Waals surface area contributed by atoms with Crippen LogP contribution < -0.4 is 0 Å². The highest BCUT2D eigenvalue weighted by atomic mass is 16.4. The first-order chi connectivity index (χ1) is 9.65. The number of carboxylic acid groups (broad SMARTS) is 1. The normalized spacial score (nSPS) is 19.2. The van der Waals surface area contributed by atoms with E-state index in [1.807, 2.05) is 0 Å². The lowest BCUT2D eigenvalue weighted by molar-refractivity contribution is -0.143. The van der Waals surface area contributed by atoms with Crippen LogP contribution in [0.15, 0.2) is 30.7 Å². The van der Waals surface area contributed by atoms with Crippen LogP contribution >= 0.6 is 0 Å². The van der Waals surface area contributed by atoms with E-state index in [9.17, 15) is 9.59 Å². The molecule has 104 valence electrons. The standard InChI is InChI=1S/C14H15N3O3/c18-13(17-6-1-2-11(9-17)14(19)20)10-3-4-12-15-5-7-16(12)8-10/h3-5,7-8,11H,1-2,6,9H2,(H,19,20)/t11-/m1/s1. The van der Waals surface area contributed by atoms with Crippen molar-refractivity contribution in [1.82, 2.24) is 14.3 Å². The van der Waals surface area contributed by atoms with Gasteiger partial charge in [0.1, 0.15) is 5.65 Å². The Labute approximate surface area is 115 Å². The fourth-order valence-electron chi connectivity index (χ4n) is 2.59. The van der Waals surface area contributed by atoms with Gasteiger partial charge in [-0.25, -0.2) is 4.98 Å². The maximum absolute atomic E-state index is 12.4. The fraction of sp³-hybridized carbons (Fsp3) is 0.357. The number of pyridine rings is 1. The number of fused-ring (bicyclic) bond motifs is 1. The highest BCUT2D eigenvalue weighted by Crippen LogP contribution is 2.19. The van der Waals surface area contributed by atoms with Gasteiger partial charge in [-0.2, -0.15) is 0 Å². The minimum atomic E-state index is -0.826. The number of nitrogens with zero attached hydrogens (tertiary/aromatic N) is 3. The number of carbonyl (C=O) groups is 2. The third-order valence-corrected chi connectivity index (χ3v) is 3.69. The van der Waals surface area contributed by atoms with Gasteiger partial charge < -0.3 is 14.4 Å². The summed E-state index contributed by atoms with van der Waals surface area (Å²) in [5.41, 5.74) is 1.34. The summed E-state index contributed by atoms with van der Waals surface area (Å²) in [6.45, 7) is 0.903. The van der Waals surface area contributed by atoms with Crippen molar-refractivity contribution in [1.29, 1.82) is 0 Å². The van der Waals surface area contributed by atoms with Crippen LogP contribution in [-0.4, -0.2) is 44.4 Å². The number of aromatic nitrogens is 2. The number of hydrogen-bond acceptors (Lipinski definition) is 3. The zero-order valence-electron chi connectivity index (χ0n) is 10.9. The van der Waals surface area contributed by atoms with Gasteiger partial charge in [-0.3, -0.25) is 9.59 Å². The number of rotatable bonds is 2. The first-order valence-corrected chi connectivity index (χ1v) is 6.60. The molecule has 1 fully saturated rings. The maximum Gasteiger partial charge on any atom is 0.308 e. The second-order valence-corrected chi connectivity index (χ2v) is 5.04. The molecular weight excluding hydrogens is 258 g/mol. The molecule has 3 heterocycles. The summed E-state index contributed by atoms with van der Waals surface area (Å²) in [6.07, 6.45) is 6.55. The summed E-state index contributed by atoms with van der Waals surface area (Å²) in [6, 6.07) is 3.51. The summed E-state index contributed by atoms with van der Waals surface area (Å²) in [4.78, 5) is 29.2. The van der Waals surface area contributed by atoms with E-state index >= 15 is 0 Å². The van der Waals surface area contributed by atoms with Crippen LogP contribution in [0.1, 0.15) is 23.2 Å². The molecule has 0 bridgehead atoms. The minimum Gasteiger partial charge on any atom is -0.481 e. The Morgan fingerprint density at radius 2 is 2.20 bits per heavy atom. The topological polar surface area (TPSA) is 74.9 Å². The molecule has 1 saturated heterocycles. The van der Waals surface area contributed by atoms with Gasteiger partial charge in [0.15, 0.2) is 0 Å². The van der Waals surface area contributed by atoms with Crippen LogP contribution in [0.2, 0.25) is 0 Å². The Bertz CT molecular complexity index is 664. The lowest BCUT2D eigenvalue weighted by atomic mass is 9.98. The van der Waals surface area contributed by atoms with E-state index in [-0.39, 0.29) is 12.5 Å². The quantitative estimate of drug-likeness (QED) is 0.894. The van der Waals surface area contributed by atoms with Gasteiger partial charge in [0.05, 0.1) is 11.5 Å². The molecule has 6 heteroatoms. The molecule has 3 rings (SSSR count). The number of hydrogen-bond donors (Lipinski definition) is 1. The van der Waals surface area contributed by atoms with Crippen LogP contribution in [0.3, 0.4) is 0 Å². The molecule has 0 spiro atoms. The molecule has 0 aliphatic carbocycles. The molecular formula is C14H15N3O3. The molecule has 1 N–H and O–H groups in total. The highest BCUT2D eigenvalue weighted by Gasteiger charge is 2.28. The number of carbonyl (C=O) groups excluding carboxylic acids is 1. The maximum atomic E-state index is 12.4. The lowest BCUT2D eigenvalue weighted by Gasteiger charge is -2.30. The van der Waals surface area contributed by atoms with E-state index in [1.165, 1.54) is 0 Å². The monoisotopic (exact) mass is 273 g/mol. The summed E-state index contributed by atoms with van der Waals surface area (Å²) in [7, 11) is 0. The van der Waals surface area contributed by atoms with Gasteiger partial charge in [0.25, 0.3) is 5.91 Å². The molecule has 1 aliphatic rings. The Kier molecular flexibility index (Phi) is 3.14. The molecule has 0 aromatic carbocycles. The SMILES string of the molecule is O=C(O)[C@@H]1CCCN(C(=O)c2ccc3nccn3c2)C1. The van der Waals surface area contributed by atoms with Crippen molar-refractivity contribution in [2.24, 2.45) is 5.92 Å². The number of imidazole rings is 1. The number of aliphatic carboxylic acids is 1. The van der Waals surface area contributed by atoms with Gasteiger partial charge in [0.2, 0.25) is 0 Å². The molecule has 2 aromatic rings. The molecule has 1 amide bonds. The Morgan fingerprint density at radius 3 is 3.00 bits per heavy atom. The zero-order valence-corrected chi connectivity index (χ0v) is 10.9. The van der Waals surface area contributed by atoms with Crippen LogP contribution in [-0.2, 0) is 4.79 Å². The average Bonchev–Trinajstić information content (AvgIpc) is 2.94. The second-order valence-electron chi connectivity index (χ2n) is 5.04. The van der Waals surface area contributed by atoms with Gasteiger partial charge in [-0.05, 0) is 25.0 Å². The van der Waals surface area contributed by atoms with E-state index in [2.05, 4.69) is 4.98 Å². The first kappa shape index (κ1) is 12.7. The highest BCUT2D eigenvalue weighted by molar-refractivity contribution is 5.94. The predicted molar refractivity (Wildman–Crippen MR) is 71.5 cm³/mol. The van der Waals surface area contributed by atoms with E-state index in [4.69, 9.17) is 5.11 Å². The number of piperidine rings is 1. The summed E-state index contributed by atoms with van der Waals surface area (Å²) < 4.78 is 1.78. The summed E-state index contributed by atoms with van der Waals surface area (Å²) in [5.74, 6) is -1.40. The van der Waals surface area contributed by atoms with E-state index in [1.54, 1.807) is 40.0 Å². The first-order valence-electron chi connectivity index (χ1n) is 6.60. The zero-order chi connectivity index (χ0) is 14.1. The molecule has 0 radical (unpaired) electrons. The molecule has 0 unspecified atom stereocenters. The van der Waals surface area contributed by atoms with Gasteiger partial charge in [-0.1, -0.05) is 0 Å². The van der Waals surface area contributed by atoms with E-state index in [0.29, 0.717) is 18.5 Å². The third-order valence-electron chi connectivity index (χ3n) is 3.69. The lowest BCUT2D eigenvalue weighted by Crippen LogP contribution is -2.42. The Morgan fingerprint density at radius 1 is 1.35 bits per heavy atom.